The number of carbonyl (C=O) groups is 1. The highest BCUT2D eigenvalue weighted by molar-refractivity contribution is 9.10. The third-order valence-electron chi connectivity index (χ3n) is 4.67. The van der Waals surface area contributed by atoms with Crippen LogP contribution in [0.1, 0.15) is 23.6 Å². The number of aromatic amines is 1. The number of amides is 1. The van der Waals surface area contributed by atoms with Gasteiger partial charge in [-0.2, -0.15) is 0 Å². The molecule has 2 heterocycles. The van der Waals surface area contributed by atoms with Crippen LogP contribution < -0.4 is 16.4 Å². The van der Waals surface area contributed by atoms with E-state index in [2.05, 4.69) is 26.2 Å². The SMILES string of the molecule is O=C(NCc1ccccc1)C1CCc2cc(Br)cc3[nH]c(=O)c(=O)n1c23. The van der Waals surface area contributed by atoms with Gasteiger partial charge in [-0.3, -0.25) is 19.0 Å². The summed E-state index contributed by atoms with van der Waals surface area (Å²) in [6.45, 7) is 0.379. The van der Waals surface area contributed by atoms with Crippen molar-refractivity contribution in [3.63, 3.8) is 0 Å². The Hall–Kier alpha value is -2.67. The van der Waals surface area contributed by atoms with Gasteiger partial charge in [0.25, 0.3) is 0 Å². The highest BCUT2D eigenvalue weighted by Crippen LogP contribution is 2.30. The third-order valence-corrected chi connectivity index (χ3v) is 5.12. The summed E-state index contributed by atoms with van der Waals surface area (Å²) in [5, 5.41) is 2.88. The van der Waals surface area contributed by atoms with Crippen molar-refractivity contribution in [2.45, 2.75) is 25.4 Å². The maximum Gasteiger partial charge on any atom is 0.317 e. The molecule has 132 valence electrons. The molecular weight excluding hydrogens is 398 g/mol. The lowest BCUT2D eigenvalue weighted by atomic mass is 9.97. The molecule has 0 aliphatic carbocycles. The molecule has 1 unspecified atom stereocenters. The molecular formula is C19H16BrN3O3. The van der Waals surface area contributed by atoms with Crippen molar-refractivity contribution >= 4 is 32.9 Å². The molecule has 0 saturated heterocycles. The first-order chi connectivity index (χ1) is 12.5. The fourth-order valence-electron chi connectivity index (χ4n) is 3.48. The van der Waals surface area contributed by atoms with Crippen molar-refractivity contribution in [2.75, 3.05) is 0 Å². The van der Waals surface area contributed by atoms with Gasteiger partial charge in [-0.15, -0.1) is 0 Å². The van der Waals surface area contributed by atoms with Gasteiger partial charge < -0.3 is 10.3 Å². The van der Waals surface area contributed by atoms with Gasteiger partial charge in [0, 0.05) is 11.0 Å². The summed E-state index contributed by atoms with van der Waals surface area (Å²) in [5.41, 5.74) is 1.69. The average Bonchev–Trinajstić information content (AvgIpc) is 2.64. The lowest BCUT2D eigenvalue weighted by Gasteiger charge is -2.27. The van der Waals surface area contributed by atoms with Crippen LogP contribution in [0.4, 0.5) is 0 Å². The molecule has 1 aliphatic rings. The van der Waals surface area contributed by atoms with E-state index in [1.165, 1.54) is 4.57 Å². The Balaban J connectivity index is 1.74. The minimum Gasteiger partial charge on any atom is -0.350 e. The first kappa shape index (κ1) is 16.8. The van der Waals surface area contributed by atoms with E-state index in [-0.39, 0.29) is 5.91 Å². The van der Waals surface area contributed by atoms with Crippen LogP contribution in [0.2, 0.25) is 0 Å². The minimum atomic E-state index is -0.718. The zero-order valence-electron chi connectivity index (χ0n) is 13.8. The normalized spacial score (nSPS) is 15.8. The second-order valence-corrected chi connectivity index (χ2v) is 7.26. The molecule has 4 rings (SSSR count). The Labute approximate surface area is 157 Å². The Morgan fingerprint density at radius 3 is 2.77 bits per heavy atom. The third kappa shape index (κ3) is 2.88. The van der Waals surface area contributed by atoms with E-state index >= 15 is 0 Å². The molecule has 1 aromatic heterocycles. The van der Waals surface area contributed by atoms with Crippen LogP contribution in [-0.4, -0.2) is 15.5 Å². The second-order valence-electron chi connectivity index (χ2n) is 6.35. The van der Waals surface area contributed by atoms with Gasteiger partial charge in [0.05, 0.1) is 11.0 Å². The topological polar surface area (TPSA) is 84.0 Å². The number of benzene rings is 2. The Bertz CT molecular complexity index is 1120. The second kappa shape index (κ2) is 6.57. The van der Waals surface area contributed by atoms with Crippen molar-refractivity contribution in [3.05, 3.63) is 78.8 Å². The van der Waals surface area contributed by atoms with E-state index in [0.717, 1.165) is 15.6 Å². The van der Waals surface area contributed by atoms with Gasteiger partial charge in [-0.1, -0.05) is 46.3 Å². The van der Waals surface area contributed by atoms with E-state index in [0.29, 0.717) is 30.4 Å². The number of nitrogens with one attached hydrogen (secondary N) is 2. The van der Waals surface area contributed by atoms with Crippen molar-refractivity contribution in [3.8, 4) is 0 Å². The predicted molar refractivity (Wildman–Crippen MR) is 102 cm³/mol. The average molecular weight is 414 g/mol. The molecule has 2 N–H and O–H groups in total. The number of carbonyl (C=O) groups excluding carboxylic acids is 1. The van der Waals surface area contributed by atoms with Gasteiger partial charge in [-0.05, 0) is 36.1 Å². The van der Waals surface area contributed by atoms with Gasteiger partial charge in [0.2, 0.25) is 5.91 Å². The molecule has 7 heteroatoms. The molecule has 1 aliphatic heterocycles. The number of hydrogen-bond donors (Lipinski definition) is 2. The number of halogens is 1. The molecule has 0 radical (unpaired) electrons. The van der Waals surface area contributed by atoms with E-state index in [1.54, 1.807) is 6.07 Å². The van der Waals surface area contributed by atoms with Crippen LogP contribution in [0, 0.1) is 0 Å². The molecule has 0 fully saturated rings. The Morgan fingerprint density at radius 1 is 1.23 bits per heavy atom. The van der Waals surface area contributed by atoms with Crippen molar-refractivity contribution < 1.29 is 4.79 Å². The van der Waals surface area contributed by atoms with Crippen LogP contribution >= 0.6 is 15.9 Å². The Morgan fingerprint density at radius 2 is 2.00 bits per heavy atom. The maximum absolute atomic E-state index is 12.8. The zero-order chi connectivity index (χ0) is 18.3. The Kier molecular flexibility index (Phi) is 4.24. The van der Waals surface area contributed by atoms with E-state index in [1.807, 2.05) is 36.4 Å². The first-order valence-electron chi connectivity index (χ1n) is 8.33. The molecule has 6 nitrogen and oxygen atoms in total. The smallest absolute Gasteiger partial charge is 0.317 e. The quantitative estimate of drug-likeness (QED) is 0.645. The van der Waals surface area contributed by atoms with Crippen LogP contribution in [0.25, 0.3) is 11.0 Å². The molecule has 26 heavy (non-hydrogen) atoms. The molecule has 0 bridgehead atoms. The number of aromatic nitrogens is 2. The highest BCUT2D eigenvalue weighted by atomic mass is 79.9. The highest BCUT2D eigenvalue weighted by Gasteiger charge is 2.29. The number of H-pyrrole nitrogens is 1. The summed E-state index contributed by atoms with van der Waals surface area (Å²) >= 11 is 3.42. The van der Waals surface area contributed by atoms with Crippen molar-refractivity contribution in [1.82, 2.24) is 14.9 Å². The molecule has 0 spiro atoms. The van der Waals surface area contributed by atoms with Crippen molar-refractivity contribution in [2.24, 2.45) is 0 Å². The van der Waals surface area contributed by atoms with Crippen LogP contribution in [0.5, 0.6) is 0 Å². The van der Waals surface area contributed by atoms with Crippen LogP contribution in [0.15, 0.2) is 56.5 Å². The molecule has 0 saturated carbocycles. The number of hydrogen-bond acceptors (Lipinski definition) is 3. The number of rotatable bonds is 3. The maximum atomic E-state index is 12.8. The van der Waals surface area contributed by atoms with E-state index in [4.69, 9.17) is 0 Å². The van der Waals surface area contributed by atoms with Crippen LogP contribution in [0.3, 0.4) is 0 Å². The lowest BCUT2D eigenvalue weighted by Crippen LogP contribution is -2.45. The number of aryl methyl sites for hydroxylation is 1. The van der Waals surface area contributed by atoms with E-state index in [9.17, 15) is 14.4 Å². The van der Waals surface area contributed by atoms with Gasteiger partial charge in [0.15, 0.2) is 0 Å². The molecule has 2 aromatic carbocycles. The number of nitrogens with zero attached hydrogens (tertiary/aromatic N) is 1. The monoisotopic (exact) mass is 413 g/mol. The van der Waals surface area contributed by atoms with Gasteiger partial charge in [0.1, 0.15) is 6.04 Å². The summed E-state index contributed by atoms with van der Waals surface area (Å²) in [5.74, 6) is -0.253. The molecule has 1 atom stereocenters. The zero-order valence-corrected chi connectivity index (χ0v) is 15.4. The summed E-state index contributed by atoms with van der Waals surface area (Å²) in [6.07, 6.45) is 1.13. The van der Waals surface area contributed by atoms with Gasteiger partial charge in [-0.25, -0.2) is 0 Å². The van der Waals surface area contributed by atoms with Gasteiger partial charge >= 0.3 is 11.1 Å². The first-order valence-corrected chi connectivity index (χ1v) is 9.12. The van der Waals surface area contributed by atoms with E-state index < -0.39 is 17.2 Å². The largest absolute Gasteiger partial charge is 0.350 e. The predicted octanol–water partition coefficient (Wildman–Crippen LogP) is 2.26. The standard InChI is InChI=1S/C19H16BrN3O3/c20-13-8-12-6-7-15(17(24)21-10-11-4-2-1-3-5-11)23-16(12)14(9-13)22-18(25)19(23)26/h1-5,8-9,15H,6-7,10H2,(H,21,24)(H,22,25). The summed E-state index contributed by atoms with van der Waals surface area (Å²) < 4.78 is 2.17. The molecule has 1 amide bonds. The van der Waals surface area contributed by atoms with Crippen LogP contribution in [-0.2, 0) is 17.8 Å². The fourth-order valence-corrected chi connectivity index (χ4v) is 3.99. The summed E-state index contributed by atoms with van der Waals surface area (Å²) in [7, 11) is 0. The fraction of sp³-hybridized carbons (Fsp3) is 0.211. The summed E-state index contributed by atoms with van der Waals surface area (Å²) in [4.78, 5) is 39.9. The minimum absolute atomic E-state index is 0.253. The summed E-state index contributed by atoms with van der Waals surface area (Å²) in [6, 6.07) is 12.5. The lowest BCUT2D eigenvalue weighted by molar-refractivity contribution is -0.124. The van der Waals surface area contributed by atoms with Crippen molar-refractivity contribution in [1.29, 1.82) is 0 Å². The molecule has 3 aromatic rings.